The molecule has 0 aromatic carbocycles. The predicted molar refractivity (Wildman–Crippen MR) is 73.2 cm³/mol. The molecule has 0 saturated carbocycles. The van der Waals surface area contributed by atoms with Crippen LogP contribution >= 0.6 is 11.6 Å². The van der Waals surface area contributed by atoms with Crippen molar-refractivity contribution in [2.45, 2.75) is 53.1 Å². The van der Waals surface area contributed by atoms with E-state index in [0.717, 1.165) is 0 Å². The van der Waals surface area contributed by atoms with Crippen molar-refractivity contribution >= 4 is 11.6 Å². The Balaban J connectivity index is 3.62. The van der Waals surface area contributed by atoms with E-state index in [1.807, 2.05) is 27.7 Å². The fourth-order valence-corrected chi connectivity index (χ4v) is 1.96. The summed E-state index contributed by atoms with van der Waals surface area (Å²) in [6.45, 7) is 9.57. The van der Waals surface area contributed by atoms with Crippen LogP contribution in [0.25, 0.3) is 0 Å². The van der Waals surface area contributed by atoms with Crippen LogP contribution in [-0.2, 0) is 6.42 Å². The molecule has 5 heteroatoms. The van der Waals surface area contributed by atoms with Gasteiger partial charge in [-0.3, -0.25) is 9.36 Å². The number of halogens is 1. The maximum absolute atomic E-state index is 12.4. The van der Waals surface area contributed by atoms with Crippen LogP contribution in [0.15, 0.2) is 14.2 Å². The highest BCUT2D eigenvalue weighted by molar-refractivity contribution is 6.17. The van der Waals surface area contributed by atoms with Gasteiger partial charge in [0.1, 0.15) is 5.76 Å². The quantitative estimate of drug-likeness (QED) is 0.791. The van der Waals surface area contributed by atoms with Gasteiger partial charge < -0.3 is 4.42 Å². The Labute approximate surface area is 112 Å². The number of rotatable bonds is 4. The van der Waals surface area contributed by atoms with Crippen molar-refractivity contribution in [1.82, 2.24) is 4.57 Å². The maximum atomic E-state index is 12.4. The molecule has 102 valence electrons. The average molecular weight is 273 g/mol. The standard InChI is InChI=1S/C13H21ClN2O2/c1-8(2)15-13-16(9(3)4)12(17)11(6-7-14)10(5)18-13/h8-9H,6-7H2,1-5H3. The molecule has 0 fully saturated rings. The molecular formula is C13H21ClN2O2. The second-order valence-corrected chi connectivity index (χ2v) is 5.23. The summed E-state index contributed by atoms with van der Waals surface area (Å²) in [6, 6.07) is 0.0878. The molecule has 1 rings (SSSR count). The van der Waals surface area contributed by atoms with Crippen molar-refractivity contribution in [3.8, 4) is 0 Å². The lowest BCUT2D eigenvalue weighted by atomic mass is 10.2. The minimum atomic E-state index is -0.0474. The maximum Gasteiger partial charge on any atom is 0.300 e. The summed E-state index contributed by atoms with van der Waals surface area (Å²) < 4.78 is 7.27. The van der Waals surface area contributed by atoms with E-state index in [1.165, 1.54) is 0 Å². The second-order valence-electron chi connectivity index (χ2n) is 4.85. The zero-order chi connectivity index (χ0) is 13.9. The first-order valence-electron chi connectivity index (χ1n) is 6.23. The fourth-order valence-electron chi connectivity index (χ4n) is 1.77. The SMILES string of the molecule is Cc1oc(=NC(C)C)n(C(C)C)c(=O)c1CCCl. The first kappa shape index (κ1) is 15.0. The average Bonchev–Trinajstić information content (AvgIpc) is 2.22. The normalized spacial score (nSPS) is 12.8. The van der Waals surface area contributed by atoms with E-state index >= 15 is 0 Å². The van der Waals surface area contributed by atoms with Gasteiger partial charge in [-0.05, 0) is 41.0 Å². The molecule has 0 aliphatic carbocycles. The van der Waals surface area contributed by atoms with Gasteiger partial charge in [-0.15, -0.1) is 11.6 Å². The summed E-state index contributed by atoms with van der Waals surface area (Å²) in [6.07, 6.45) is 0.518. The largest absolute Gasteiger partial charge is 0.430 e. The third-order valence-electron chi connectivity index (χ3n) is 2.58. The van der Waals surface area contributed by atoms with Gasteiger partial charge in [-0.25, -0.2) is 4.99 Å². The highest BCUT2D eigenvalue weighted by Gasteiger charge is 2.14. The summed E-state index contributed by atoms with van der Waals surface area (Å²) in [7, 11) is 0. The van der Waals surface area contributed by atoms with Crippen LogP contribution in [0, 0.1) is 6.92 Å². The highest BCUT2D eigenvalue weighted by atomic mass is 35.5. The van der Waals surface area contributed by atoms with Crippen LogP contribution in [0.3, 0.4) is 0 Å². The molecule has 0 radical (unpaired) electrons. The molecule has 0 saturated heterocycles. The van der Waals surface area contributed by atoms with E-state index in [-0.39, 0.29) is 17.6 Å². The zero-order valence-corrected chi connectivity index (χ0v) is 12.4. The molecule has 1 aromatic heterocycles. The Hall–Kier alpha value is -1.03. The molecule has 4 nitrogen and oxygen atoms in total. The van der Waals surface area contributed by atoms with Crippen LogP contribution in [0.2, 0.25) is 0 Å². The van der Waals surface area contributed by atoms with E-state index < -0.39 is 0 Å². The first-order valence-corrected chi connectivity index (χ1v) is 6.76. The second kappa shape index (κ2) is 6.23. The number of alkyl halides is 1. The lowest BCUT2D eigenvalue weighted by molar-refractivity contribution is 0.351. The van der Waals surface area contributed by atoms with E-state index in [2.05, 4.69) is 4.99 Å². The van der Waals surface area contributed by atoms with E-state index in [4.69, 9.17) is 16.0 Å². The molecule has 0 spiro atoms. The minimum absolute atomic E-state index is 0.00780. The molecule has 0 bridgehead atoms. The van der Waals surface area contributed by atoms with Crippen molar-refractivity contribution < 1.29 is 4.42 Å². The van der Waals surface area contributed by atoms with Gasteiger partial charge in [-0.2, -0.15) is 0 Å². The van der Waals surface area contributed by atoms with Crippen LogP contribution in [0.5, 0.6) is 0 Å². The van der Waals surface area contributed by atoms with E-state index in [1.54, 1.807) is 11.5 Å². The minimum Gasteiger partial charge on any atom is -0.430 e. The van der Waals surface area contributed by atoms with Crippen molar-refractivity contribution in [2.24, 2.45) is 4.99 Å². The summed E-state index contributed by atoms with van der Waals surface area (Å²) in [4.78, 5) is 16.8. The van der Waals surface area contributed by atoms with Crippen LogP contribution in [-0.4, -0.2) is 16.5 Å². The summed E-state index contributed by atoms with van der Waals surface area (Å²) >= 11 is 5.72. The van der Waals surface area contributed by atoms with Gasteiger partial charge in [0, 0.05) is 18.0 Å². The van der Waals surface area contributed by atoms with Gasteiger partial charge >= 0.3 is 0 Å². The number of hydrogen-bond acceptors (Lipinski definition) is 3. The number of aromatic nitrogens is 1. The molecule has 0 unspecified atom stereocenters. The predicted octanol–water partition coefficient (Wildman–Crippen LogP) is 2.42. The van der Waals surface area contributed by atoms with Gasteiger partial charge in [0.25, 0.3) is 11.2 Å². The molecule has 0 aliphatic heterocycles. The Bertz CT molecular complexity index is 527. The van der Waals surface area contributed by atoms with Gasteiger partial charge in [-0.1, -0.05) is 0 Å². The van der Waals surface area contributed by atoms with Crippen molar-refractivity contribution in [2.75, 3.05) is 5.88 Å². The Morgan fingerprint density at radius 1 is 1.33 bits per heavy atom. The molecule has 1 heterocycles. The molecule has 1 aromatic rings. The molecule has 0 N–H and O–H groups in total. The third-order valence-corrected chi connectivity index (χ3v) is 2.77. The molecule has 0 amide bonds. The Morgan fingerprint density at radius 2 is 1.94 bits per heavy atom. The Kier molecular flexibility index (Phi) is 5.20. The van der Waals surface area contributed by atoms with Gasteiger partial charge in [0.15, 0.2) is 0 Å². The number of nitrogens with zero attached hydrogens (tertiary/aromatic N) is 2. The van der Waals surface area contributed by atoms with Crippen molar-refractivity contribution in [3.63, 3.8) is 0 Å². The number of aryl methyl sites for hydroxylation is 1. The monoisotopic (exact) mass is 272 g/mol. The van der Waals surface area contributed by atoms with Gasteiger partial charge in [0.2, 0.25) is 0 Å². The van der Waals surface area contributed by atoms with Crippen molar-refractivity contribution in [3.05, 3.63) is 27.4 Å². The third kappa shape index (κ3) is 3.25. The molecule has 0 aliphatic rings. The van der Waals surface area contributed by atoms with E-state index in [9.17, 15) is 4.79 Å². The fraction of sp³-hybridized carbons (Fsp3) is 0.692. The summed E-state index contributed by atoms with van der Waals surface area (Å²) in [5.41, 5.74) is 0.982. The molecular weight excluding hydrogens is 252 g/mol. The smallest absolute Gasteiger partial charge is 0.300 e. The Morgan fingerprint density at radius 3 is 2.39 bits per heavy atom. The highest BCUT2D eigenvalue weighted by Crippen LogP contribution is 2.05. The first-order chi connectivity index (χ1) is 8.38. The summed E-state index contributed by atoms with van der Waals surface area (Å²) in [5.74, 6) is 1.02. The van der Waals surface area contributed by atoms with Crippen LogP contribution < -0.4 is 11.2 Å². The lowest BCUT2D eigenvalue weighted by Crippen LogP contribution is -2.38. The van der Waals surface area contributed by atoms with E-state index in [0.29, 0.717) is 29.3 Å². The van der Waals surface area contributed by atoms with Crippen LogP contribution in [0.1, 0.15) is 45.1 Å². The van der Waals surface area contributed by atoms with Gasteiger partial charge in [0.05, 0.1) is 5.56 Å². The topological polar surface area (TPSA) is 47.5 Å². The number of hydrogen-bond donors (Lipinski definition) is 0. The zero-order valence-electron chi connectivity index (χ0n) is 11.7. The summed E-state index contributed by atoms with van der Waals surface area (Å²) in [5, 5.41) is 0. The van der Waals surface area contributed by atoms with Crippen molar-refractivity contribution in [1.29, 1.82) is 0 Å². The lowest BCUT2D eigenvalue weighted by Gasteiger charge is -2.13. The molecule has 0 atom stereocenters. The van der Waals surface area contributed by atoms with Crippen LogP contribution in [0.4, 0.5) is 0 Å². The molecule has 18 heavy (non-hydrogen) atoms.